The van der Waals surface area contributed by atoms with Crippen LogP contribution in [0.15, 0.2) is 24.3 Å². The summed E-state index contributed by atoms with van der Waals surface area (Å²) >= 11 is 0. The molecule has 1 fully saturated rings. The third-order valence-electron chi connectivity index (χ3n) is 4.19. The molecule has 1 aromatic carbocycles. The van der Waals surface area contributed by atoms with E-state index in [1.54, 1.807) is 0 Å². The van der Waals surface area contributed by atoms with Gasteiger partial charge in [0, 0.05) is 28.3 Å². The van der Waals surface area contributed by atoms with Gasteiger partial charge in [0.05, 0.1) is 6.61 Å². The molecule has 0 aliphatic heterocycles. The van der Waals surface area contributed by atoms with Crippen molar-refractivity contribution in [3.63, 3.8) is 0 Å². The number of hydrogen-bond acceptors (Lipinski definition) is 3. The summed E-state index contributed by atoms with van der Waals surface area (Å²) in [5, 5.41) is 3.29. The van der Waals surface area contributed by atoms with E-state index in [2.05, 4.69) is 17.4 Å². The van der Waals surface area contributed by atoms with E-state index >= 15 is 0 Å². The molecule has 1 aliphatic rings. The van der Waals surface area contributed by atoms with Crippen LogP contribution >= 0.6 is 0 Å². The molecule has 4 heteroatoms. The summed E-state index contributed by atoms with van der Waals surface area (Å²) in [6, 6.07) is 8.27. The van der Waals surface area contributed by atoms with Gasteiger partial charge in [-0.05, 0) is 50.4 Å². The number of nitrogens with one attached hydrogen (secondary N) is 1. The minimum atomic E-state index is -0.743. The first kappa shape index (κ1) is 16.5. The standard InChI is InChI=1S/C17H27NO2S/c1-3-20-16-10-8-15(9-11-16)17(18-2)13-21(19)12-14-6-4-5-7-14/h8-11,14,17-18H,3-7,12-13H2,1-2H3. The quantitative estimate of drug-likeness (QED) is 0.801. The average Bonchev–Trinajstić information content (AvgIpc) is 2.99. The van der Waals surface area contributed by atoms with Crippen LogP contribution in [0.4, 0.5) is 0 Å². The maximum absolute atomic E-state index is 12.4. The normalized spacial score (nSPS) is 18.6. The van der Waals surface area contributed by atoms with Gasteiger partial charge in [-0.2, -0.15) is 0 Å². The van der Waals surface area contributed by atoms with Gasteiger partial charge in [0.1, 0.15) is 5.75 Å². The van der Waals surface area contributed by atoms with Gasteiger partial charge in [-0.15, -0.1) is 0 Å². The zero-order valence-corrected chi connectivity index (χ0v) is 14.0. The van der Waals surface area contributed by atoms with Crippen LogP contribution in [0.5, 0.6) is 5.75 Å². The maximum atomic E-state index is 12.4. The maximum Gasteiger partial charge on any atom is 0.119 e. The lowest BCUT2D eigenvalue weighted by atomic mass is 10.1. The minimum Gasteiger partial charge on any atom is -0.494 e. The predicted molar refractivity (Wildman–Crippen MR) is 89.2 cm³/mol. The van der Waals surface area contributed by atoms with Crippen LogP contribution in [0.2, 0.25) is 0 Å². The zero-order valence-electron chi connectivity index (χ0n) is 13.1. The summed E-state index contributed by atoms with van der Waals surface area (Å²) in [5.74, 6) is 3.14. The van der Waals surface area contributed by atoms with E-state index in [1.165, 1.54) is 31.2 Å². The fourth-order valence-electron chi connectivity index (χ4n) is 3.00. The molecule has 0 aromatic heterocycles. The number of benzene rings is 1. The largest absolute Gasteiger partial charge is 0.494 e. The fourth-order valence-corrected chi connectivity index (χ4v) is 4.73. The second kappa shape index (κ2) is 8.54. The molecule has 0 spiro atoms. The summed E-state index contributed by atoms with van der Waals surface area (Å²) in [4.78, 5) is 0. The molecule has 0 saturated heterocycles. The van der Waals surface area contributed by atoms with Crippen molar-refractivity contribution in [2.45, 2.75) is 38.6 Å². The van der Waals surface area contributed by atoms with Crippen LogP contribution in [-0.2, 0) is 10.8 Å². The Morgan fingerprint density at radius 1 is 1.29 bits per heavy atom. The SMILES string of the molecule is CCOc1ccc(C(CS(=O)CC2CCCC2)NC)cc1. The lowest BCUT2D eigenvalue weighted by Crippen LogP contribution is -2.25. The highest BCUT2D eigenvalue weighted by Crippen LogP contribution is 2.26. The van der Waals surface area contributed by atoms with Gasteiger partial charge >= 0.3 is 0 Å². The molecule has 0 bridgehead atoms. The lowest BCUT2D eigenvalue weighted by Gasteiger charge is -2.18. The van der Waals surface area contributed by atoms with Crippen molar-refractivity contribution >= 4 is 10.8 Å². The zero-order chi connectivity index (χ0) is 15.1. The fraction of sp³-hybridized carbons (Fsp3) is 0.647. The van der Waals surface area contributed by atoms with E-state index in [1.807, 2.05) is 26.1 Å². The average molecular weight is 309 g/mol. The van der Waals surface area contributed by atoms with Gasteiger partial charge in [0.15, 0.2) is 0 Å². The smallest absolute Gasteiger partial charge is 0.119 e. The van der Waals surface area contributed by atoms with Crippen molar-refractivity contribution in [2.75, 3.05) is 25.2 Å². The van der Waals surface area contributed by atoms with Crippen molar-refractivity contribution in [1.82, 2.24) is 5.32 Å². The first-order valence-electron chi connectivity index (χ1n) is 7.98. The van der Waals surface area contributed by atoms with E-state index in [0.717, 1.165) is 11.5 Å². The molecule has 3 nitrogen and oxygen atoms in total. The van der Waals surface area contributed by atoms with E-state index < -0.39 is 10.8 Å². The Kier molecular flexibility index (Phi) is 6.71. The molecule has 0 heterocycles. The Morgan fingerprint density at radius 2 is 1.95 bits per heavy atom. The predicted octanol–water partition coefficient (Wildman–Crippen LogP) is 3.28. The number of hydrogen-bond donors (Lipinski definition) is 1. The van der Waals surface area contributed by atoms with E-state index in [4.69, 9.17) is 4.74 Å². The second-order valence-corrected chi connectivity index (χ2v) is 7.31. The van der Waals surface area contributed by atoms with Crippen molar-refractivity contribution in [2.24, 2.45) is 5.92 Å². The Morgan fingerprint density at radius 3 is 2.52 bits per heavy atom. The summed E-state index contributed by atoms with van der Waals surface area (Å²) in [7, 11) is 1.20. The minimum absolute atomic E-state index is 0.155. The van der Waals surface area contributed by atoms with E-state index in [9.17, 15) is 4.21 Å². The third kappa shape index (κ3) is 5.11. The van der Waals surface area contributed by atoms with Crippen molar-refractivity contribution in [3.8, 4) is 5.75 Å². The summed E-state index contributed by atoms with van der Waals surface area (Å²) in [5.41, 5.74) is 1.18. The van der Waals surface area contributed by atoms with Crippen LogP contribution < -0.4 is 10.1 Å². The molecule has 2 unspecified atom stereocenters. The van der Waals surface area contributed by atoms with Gasteiger partial charge in [-0.3, -0.25) is 4.21 Å². The van der Waals surface area contributed by atoms with Crippen molar-refractivity contribution in [3.05, 3.63) is 29.8 Å². The van der Waals surface area contributed by atoms with E-state index in [0.29, 0.717) is 18.3 Å². The van der Waals surface area contributed by atoms with Crippen molar-refractivity contribution in [1.29, 1.82) is 0 Å². The van der Waals surface area contributed by atoms with Crippen LogP contribution in [0.1, 0.15) is 44.2 Å². The molecule has 1 N–H and O–H groups in total. The van der Waals surface area contributed by atoms with Crippen LogP contribution in [0.3, 0.4) is 0 Å². The molecule has 2 atom stereocenters. The van der Waals surface area contributed by atoms with Gasteiger partial charge < -0.3 is 10.1 Å². The molecule has 1 aliphatic carbocycles. The molecule has 2 rings (SSSR count). The molecule has 1 saturated carbocycles. The van der Waals surface area contributed by atoms with Gasteiger partial charge in [0.25, 0.3) is 0 Å². The highest BCUT2D eigenvalue weighted by Gasteiger charge is 2.20. The Bertz CT molecular complexity index is 441. The molecular formula is C17H27NO2S. The first-order chi connectivity index (χ1) is 10.2. The number of rotatable bonds is 8. The third-order valence-corrected chi connectivity index (χ3v) is 5.74. The van der Waals surface area contributed by atoms with Crippen molar-refractivity contribution < 1.29 is 8.95 Å². The van der Waals surface area contributed by atoms with Crippen LogP contribution in [0.25, 0.3) is 0 Å². The van der Waals surface area contributed by atoms with Gasteiger partial charge in [0.2, 0.25) is 0 Å². The summed E-state index contributed by atoms with van der Waals surface area (Å²) in [6.07, 6.45) is 5.16. The monoisotopic (exact) mass is 309 g/mol. The molecule has 118 valence electrons. The number of ether oxygens (including phenoxy) is 1. The topological polar surface area (TPSA) is 38.3 Å². The Balaban J connectivity index is 1.90. The summed E-state index contributed by atoms with van der Waals surface area (Å²) < 4.78 is 17.8. The molecule has 1 aromatic rings. The van der Waals surface area contributed by atoms with Gasteiger partial charge in [-0.25, -0.2) is 0 Å². The molecule has 0 amide bonds. The molecule has 21 heavy (non-hydrogen) atoms. The molecule has 0 radical (unpaired) electrons. The summed E-state index contributed by atoms with van der Waals surface area (Å²) in [6.45, 7) is 2.66. The van der Waals surface area contributed by atoms with Gasteiger partial charge in [-0.1, -0.05) is 25.0 Å². The van der Waals surface area contributed by atoms with E-state index in [-0.39, 0.29) is 6.04 Å². The lowest BCUT2D eigenvalue weighted by molar-refractivity contribution is 0.340. The van der Waals surface area contributed by atoms with Crippen LogP contribution in [0, 0.1) is 5.92 Å². The Labute approximate surface area is 130 Å². The molecular weight excluding hydrogens is 282 g/mol. The highest BCUT2D eigenvalue weighted by molar-refractivity contribution is 7.85. The van der Waals surface area contributed by atoms with Crippen LogP contribution in [-0.4, -0.2) is 29.4 Å². The first-order valence-corrected chi connectivity index (χ1v) is 9.46. The second-order valence-electron chi connectivity index (χ2n) is 5.77. The Hall–Kier alpha value is -0.870. The highest BCUT2D eigenvalue weighted by atomic mass is 32.2.